The monoisotopic (exact) mass is 644 g/mol. The van der Waals surface area contributed by atoms with Crippen molar-refractivity contribution in [2.24, 2.45) is 0 Å². The fourth-order valence-corrected chi connectivity index (χ4v) is 3.60. The van der Waals surface area contributed by atoms with Gasteiger partial charge in [-0.1, -0.05) is 95.5 Å². The average Bonchev–Trinajstić information content (AvgIpc) is 3.24. The third-order valence-corrected chi connectivity index (χ3v) is 5.92. The van der Waals surface area contributed by atoms with Gasteiger partial charge in [0.05, 0.1) is 0 Å². The van der Waals surface area contributed by atoms with Crippen LogP contribution in [0.3, 0.4) is 0 Å². The molecule has 33 heavy (non-hydrogen) atoms. The van der Waals surface area contributed by atoms with Crippen LogP contribution in [0.2, 0.25) is 0 Å². The zero-order valence-corrected chi connectivity index (χ0v) is 25.9. The molecule has 0 aliphatic heterocycles. The largest absolute Gasteiger partial charge is 4.00 e. The Kier molecular flexibility index (Phi) is 12.9. The molecule has 0 nitrogen and oxygen atoms in total. The molecule has 0 aliphatic rings. The van der Waals surface area contributed by atoms with Crippen molar-refractivity contribution in [3.05, 3.63) is 107 Å². The van der Waals surface area contributed by atoms with E-state index in [2.05, 4.69) is 121 Å². The summed E-state index contributed by atoms with van der Waals surface area (Å²) in [6, 6.07) is 28.5. The van der Waals surface area contributed by atoms with E-state index in [9.17, 15) is 0 Å². The summed E-state index contributed by atoms with van der Waals surface area (Å²) in [5.74, 6) is 0. The molecule has 0 fully saturated rings. The molecule has 4 rings (SSSR count). The van der Waals surface area contributed by atoms with Gasteiger partial charge in [0.2, 0.25) is 0 Å². The van der Waals surface area contributed by atoms with E-state index in [0.717, 1.165) is 0 Å². The molecule has 0 saturated carbocycles. The first-order valence-corrected chi connectivity index (χ1v) is 10.8. The second-order valence-corrected chi connectivity index (χ2v) is 9.41. The Morgan fingerprint density at radius 1 is 0.515 bits per heavy atom. The van der Waals surface area contributed by atoms with Gasteiger partial charge in [-0.25, -0.2) is 0 Å². The van der Waals surface area contributed by atoms with Gasteiger partial charge < -0.3 is 24.8 Å². The summed E-state index contributed by atoms with van der Waals surface area (Å²) < 4.78 is 0. The molecule has 0 aromatic heterocycles. The molecule has 0 aliphatic carbocycles. The Morgan fingerprint density at radius 3 is 1.18 bits per heavy atom. The Bertz CT molecular complexity index is 1060. The number of aryl methyl sites for hydroxylation is 4. The van der Waals surface area contributed by atoms with Gasteiger partial charge in [-0.3, -0.25) is 0 Å². The Hall–Kier alpha value is -1.41. The minimum absolute atomic E-state index is 0. The van der Waals surface area contributed by atoms with Gasteiger partial charge in [0.15, 0.2) is 0 Å². The van der Waals surface area contributed by atoms with Crippen LogP contribution in [0.1, 0.15) is 48.6 Å². The standard InChI is InChI=1S/C17H21.C13H13.2ClH.Hf/c1-12-10-15(11-13(12)2)14-6-8-16(9-7-14)17(3,4)5;1-10-8-13(9-11(10)2)12-6-4-3-5-7-12;;;/h6-11H,1-5H3;3-9H,1-2H3;2*1H;/q2*-1;;;+4/p-2. The molecule has 3 heteroatoms. The summed E-state index contributed by atoms with van der Waals surface area (Å²) in [6.07, 6.45) is 0. The molecular weight excluding hydrogens is 610 g/mol. The zero-order chi connectivity index (χ0) is 21.9. The van der Waals surface area contributed by atoms with Crippen LogP contribution in [-0.2, 0) is 31.3 Å². The van der Waals surface area contributed by atoms with E-state index in [1.54, 1.807) is 0 Å². The van der Waals surface area contributed by atoms with E-state index in [1.165, 1.54) is 50.1 Å². The number of hydrogen-bond acceptors (Lipinski definition) is 0. The molecule has 0 radical (unpaired) electrons. The van der Waals surface area contributed by atoms with Crippen molar-refractivity contribution in [1.82, 2.24) is 0 Å². The zero-order valence-electron chi connectivity index (χ0n) is 20.8. The van der Waals surface area contributed by atoms with Crippen molar-refractivity contribution in [2.75, 3.05) is 0 Å². The quantitative estimate of drug-likeness (QED) is 0.233. The van der Waals surface area contributed by atoms with Gasteiger partial charge in [0.25, 0.3) is 0 Å². The number of hydrogen-bond donors (Lipinski definition) is 0. The Labute approximate surface area is 232 Å². The van der Waals surface area contributed by atoms with Crippen molar-refractivity contribution < 1.29 is 50.7 Å². The van der Waals surface area contributed by atoms with Crippen molar-refractivity contribution in [1.29, 1.82) is 0 Å². The third kappa shape index (κ3) is 8.39. The predicted molar refractivity (Wildman–Crippen MR) is 133 cm³/mol. The molecule has 0 atom stereocenters. The van der Waals surface area contributed by atoms with Crippen LogP contribution in [-0.4, -0.2) is 0 Å². The van der Waals surface area contributed by atoms with Gasteiger partial charge >= 0.3 is 25.8 Å². The molecule has 0 bridgehead atoms. The first-order valence-electron chi connectivity index (χ1n) is 10.8. The van der Waals surface area contributed by atoms with Crippen molar-refractivity contribution in [3.63, 3.8) is 0 Å². The maximum absolute atomic E-state index is 2.27. The van der Waals surface area contributed by atoms with Gasteiger partial charge in [0.1, 0.15) is 0 Å². The molecule has 172 valence electrons. The van der Waals surface area contributed by atoms with E-state index < -0.39 is 0 Å². The molecule has 0 heterocycles. The van der Waals surface area contributed by atoms with E-state index in [-0.39, 0.29) is 56.1 Å². The number of rotatable bonds is 2. The maximum Gasteiger partial charge on any atom is 4.00 e. The van der Waals surface area contributed by atoms with E-state index >= 15 is 0 Å². The smallest absolute Gasteiger partial charge is 1.00 e. The van der Waals surface area contributed by atoms with Gasteiger partial charge in [0, 0.05) is 0 Å². The minimum atomic E-state index is 0. The molecule has 0 amide bonds. The van der Waals surface area contributed by atoms with Crippen LogP contribution in [0.25, 0.3) is 22.3 Å². The summed E-state index contributed by atoms with van der Waals surface area (Å²) in [7, 11) is 0. The predicted octanol–water partition coefficient (Wildman–Crippen LogP) is 2.68. The third-order valence-electron chi connectivity index (χ3n) is 5.92. The van der Waals surface area contributed by atoms with Crippen molar-refractivity contribution in [2.45, 2.75) is 53.9 Å². The first kappa shape index (κ1) is 31.6. The first-order chi connectivity index (χ1) is 14.1. The fraction of sp³-hybridized carbons (Fsp3) is 0.267. The van der Waals surface area contributed by atoms with Crippen molar-refractivity contribution in [3.8, 4) is 22.3 Å². The number of benzene rings is 2. The van der Waals surface area contributed by atoms with Crippen LogP contribution >= 0.6 is 0 Å². The molecule has 0 spiro atoms. The van der Waals surface area contributed by atoms with E-state index in [4.69, 9.17) is 0 Å². The minimum Gasteiger partial charge on any atom is -1.00 e. The molecule has 0 N–H and O–H groups in total. The van der Waals surface area contributed by atoms with E-state index in [1.807, 2.05) is 6.07 Å². The van der Waals surface area contributed by atoms with Crippen LogP contribution < -0.4 is 24.8 Å². The topological polar surface area (TPSA) is 0 Å². The summed E-state index contributed by atoms with van der Waals surface area (Å²) in [6.45, 7) is 15.4. The van der Waals surface area contributed by atoms with E-state index in [0.29, 0.717) is 0 Å². The normalized spacial score (nSPS) is 10.2. The van der Waals surface area contributed by atoms with Crippen LogP contribution in [0, 0.1) is 27.7 Å². The van der Waals surface area contributed by atoms with Gasteiger partial charge in [-0.15, -0.1) is 81.9 Å². The molecule has 4 aromatic carbocycles. The second-order valence-electron chi connectivity index (χ2n) is 9.41. The molecule has 0 unspecified atom stereocenters. The Morgan fingerprint density at radius 2 is 0.848 bits per heavy atom. The van der Waals surface area contributed by atoms with Crippen LogP contribution in [0.4, 0.5) is 0 Å². The Balaban J connectivity index is 0.000000584. The fourth-order valence-electron chi connectivity index (χ4n) is 3.60. The molecule has 0 saturated heterocycles. The van der Waals surface area contributed by atoms with Crippen molar-refractivity contribution >= 4 is 0 Å². The summed E-state index contributed by atoms with van der Waals surface area (Å²) >= 11 is 0. The summed E-state index contributed by atoms with van der Waals surface area (Å²) in [4.78, 5) is 0. The average molecular weight is 644 g/mol. The second kappa shape index (κ2) is 13.5. The van der Waals surface area contributed by atoms with Crippen LogP contribution in [0.15, 0.2) is 78.9 Å². The SMILES string of the molecule is Cc1c[c-](-c2ccc(C(C)(C)C)cc2)cc1C.Cc1c[c-](-c2ccccc2)cc1C.[Cl-].[Cl-].[Hf+4]. The summed E-state index contributed by atoms with van der Waals surface area (Å²) in [5.41, 5.74) is 12.4. The molecular formula is C30H34Cl2Hf. The summed E-state index contributed by atoms with van der Waals surface area (Å²) in [5, 5.41) is 0. The maximum atomic E-state index is 2.27. The number of halogens is 2. The van der Waals surface area contributed by atoms with Crippen LogP contribution in [0.5, 0.6) is 0 Å². The van der Waals surface area contributed by atoms with Gasteiger partial charge in [-0.05, 0) is 5.41 Å². The molecule has 4 aromatic rings. The van der Waals surface area contributed by atoms with Gasteiger partial charge in [-0.2, -0.15) is 0 Å².